The van der Waals surface area contributed by atoms with Gasteiger partial charge in [-0.1, -0.05) is 65.7 Å². The molecule has 0 unspecified atom stereocenters. The summed E-state index contributed by atoms with van der Waals surface area (Å²) in [5.74, 6) is 0.232. The molecule has 5 rings (SSSR count). The Morgan fingerprint density at radius 2 is 1.41 bits per heavy atom. The average molecular weight is 459 g/mol. The van der Waals surface area contributed by atoms with E-state index in [0.29, 0.717) is 27.1 Å². The number of hydrogen-bond donors (Lipinski definition) is 1. The quantitative estimate of drug-likeness (QED) is 0.285. The van der Waals surface area contributed by atoms with Gasteiger partial charge in [0.25, 0.3) is 0 Å². The molecule has 0 spiro atoms. The zero-order chi connectivity index (χ0) is 22.1. The first kappa shape index (κ1) is 20.2. The first-order valence-corrected chi connectivity index (χ1v) is 10.5. The third-order valence-electron chi connectivity index (χ3n) is 4.89. The maximum atomic E-state index is 6.23. The number of benzene rings is 3. The van der Waals surface area contributed by atoms with Crippen LogP contribution in [0.4, 0.5) is 17.2 Å². The van der Waals surface area contributed by atoms with Crippen molar-refractivity contribution >= 4 is 46.0 Å². The second-order valence-electron chi connectivity index (χ2n) is 7.05. The van der Waals surface area contributed by atoms with E-state index in [0.717, 1.165) is 22.5 Å². The Kier molecular flexibility index (Phi) is 5.31. The molecule has 0 aliphatic carbocycles. The molecular formula is C24H16Cl2N6. The van der Waals surface area contributed by atoms with Gasteiger partial charge in [-0.2, -0.15) is 5.11 Å². The van der Waals surface area contributed by atoms with Gasteiger partial charge < -0.3 is 5.73 Å². The van der Waals surface area contributed by atoms with Crippen molar-refractivity contribution in [3.8, 4) is 22.5 Å². The molecular weight excluding hydrogens is 443 g/mol. The van der Waals surface area contributed by atoms with E-state index in [9.17, 15) is 0 Å². The van der Waals surface area contributed by atoms with E-state index in [1.54, 1.807) is 28.8 Å². The number of anilines is 1. The summed E-state index contributed by atoms with van der Waals surface area (Å²) in [5.41, 5.74) is 11.2. The largest absolute Gasteiger partial charge is 0.380 e. The van der Waals surface area contributed by atoms with Crippen LogP contribution in [0.3, 0.4) is 0 Å². The monoisotopic (exact) mass is 458 g/mol. The number of azo groups is 1. The van der Waals surface area contributed by atoms with Crippen molar-refractivity contribution in [3.05, 3.63) is 95.0 Å². The predicted molar refractivity (Wildman–Crippen MR) is 129 cm³/mol. The first-order valence-electron chi connectivity index (χ1n) is 9.76. The minimum Gasteiger partial charge on any atom is -0.380 e. The Labute approximate surface area is 194 Å². The number of fused-ring (bicyclic) bond motifs is 1. The summed E-state index contributed by atoms with van der Waals surface area (Å²) in [5, 5.41) is 14.4. The fourth-order valence-electron chi connectivity index (χ4n) is 3.32. The lowest BCUT2D eigenvalue weighted by atomic mass is 10.1. The highest BCUT2D eigenvalue weighted by Crippen LogP contribution is 2.34. The molecule has 0 amide bonds. The third-order valence-corrected chi connectivity index (χ3v) is 5.40. The molecule has 8 heteroatoms. The normalized spacial score (nSPS) is 11.4. The molecule has 2 aromatic heterocycles. The van der Waals surface area contributed by atoms with Gasteiger partial charge in [0.05, 0.1) is 17.1 Å². The van der Waals surface area contributed by atoms with Crippen molar-refractivity contribution in [2.75, 3.05) is 5.73 Å². The summed E-state index contributed by atoms with van der Waals surface area (Å²) < 4.78 is 1.68. The maximum Gasteiger partial charge on any atom is 0.186 e. The van der Waals surface area contributed by atoms with Crippen molar-refractivity contribution in [1.29, 1.82) is 0 Å². The van der Waals surface area contributed by atoms with Crippen molar-refractivity contribution in [1.82, 2.24) is 14.6 Å². The third kappa shape index (κ3) is 3.93. The fraction of sp³-hybridized carbons (Fsp3) is 0. The number of halogens is 2. The van der Waals surface area contributed by atoms with Gasteiger partial charge in [0, 0.05) is 21.2 Å². The number of rotatable bonds is 4. The Bertz CT molecular complexity index is 1430. The Balaban J connectivity index is 1.72. The molecule has 0 bridgehead atoms. The van der Waals surface area contributed by atoms with Crippen molar-refractivity contribution in [2.45, 2.75) is 0 Å². The molecule has 0 atom stereocenters. The number of nitrogen functional groups attached to an aromatic ring is 1. The smallest absolute Gasteiger partial charge is 0.186 e. The van der Waals surface area contributed by atoms with Crippen LogP contribution in [-0.2, 0) is 0 Å². The van der Waals surface area contributed by atoms with E-state index in [2.05, 4.69) is 15.3 Å². The molecule has 0 saturated heterocycles. The van der Waals surface area contributed by atoms with Gasteiger partial charge in [-0.3, -0.25) is 0 Å². The lowest BCUT2D eigenvalue weighted by molar-refractivity contribution is 0.955. The molecule has 32 heavy (non-hydrogen) atoms. The predicted octanol–water partition coefficient (Wildman–Crippen LogP) is 7.37. The van der Waals surface area contributed by atoms with Crippen molar-refractivity contribution in [3.63, 3.8) is 0 Å². The van der Waals surface area contributed by atoms with Crippen LogP contribution in [0.25, 0.3) is 28.2 Å². The zero-order valence-corrected chi connectivity index (χ0v) is 18.2. The highest BCUT2D eigenvalue weighted by atomic mass is 35.5. The van der Waals surface area contributed by atoms with Gasteiger partial charge in [-0.05, 0) is 42.5 Å². The van der Waals surface area contributed by atoms with Gasteiger partial charge in [0.1, 0.15) is 0 Å². The topological polar surface area (TPSA) is 80.9 Å². The summed E-state index contributed by atoms with van der Waals surface area (Å²) >= 11 is 12.0. The van der Waals surface area contributed by atoms with Gasteiger partial charge >= 0.3 is 0 Å². The molecule has 6 nitrogen and oxygen atoms in total. The Morgan fingerprint density at radius 3 is 2.09 bits per heavy atom. The van der Waals surface area contributed by atoms with E-state index in [-0.39, 0.29) is 5.82 Å². The standard InChI is InChI=1S/C24H16Cl2N6/c25-17-8-6-16(7-9-17)21-14-20(15-4-2-1-3-5-15)28-24-22(23(27)31-32(21)24)30-29-19-12-10-18(26)11-13-19/h1-14H,(H2,27,31). The second-order valence-corrected chi connectivity index (χ2v) is 7.92. The van der Waals surface area contributed by atoms with Crippen LogP contribution in [0.1, 0.15) is 0 Å². The summed E-state index contributed by atoms with van der Waals surface area (Å²) in [6, 6.07) is 26.4. The van der Waals surface area contributed by atoms with Gasteiger partial charge in [0.2, 0.25) is 0 Å². The summed E-state index contributed by atoms with van der Waals surface area (Å²) in [7, 11) is 0. The van der Waals surface area contributed by atoms with E-state index in [1.807, 2.05) is 60.7 Å². The van der Waals surface area contributed by atoms with Crippen LogP contribution >= 0.6 is 23.2 Å². The highest BCUT2D eigenvalue weighted by molar-refractivity contribution is 6.30. The molecule has 5 aromatic rings. The highest BCUT2D eigenvalue weighted by Gasteiger charge is 2.17. The van der Waals surface area contributed by atoms with Crippen LogP contribution in [-0.4, -0.2) is 14.6 Å². The molecule has 0 aliphatic rings. The lowest BCUT2D eigenvalue weighted by Gasteiger charge is -2.09. The van der Waals surface area contributed by atoms with Crippen molar-refractivity contribution < 1.29 is 0 Å². The molecule has 0 saturated carbocycles. The Hall–Kier alpha value is -3.74. The van der Waals surface area contributed by atoms with Crippen LogP contribution in [0.15, 0.2) is 95.2 Å². The van der Waals surface area contributed by atoms with Crippen LogP contribution in [0, 0.1) is 0 Å². The first-order chi connectivity index (χ1) is 15.6. The van der Waals surface area contributed by atoms with Crippen LogP contribution < -0.4 is 5.73 Å². The van der Waals surface area contributed by atoms with Gasteiger partial charge in [0.15, 0.2) is 17.2 Å². The Morgan fingerprint density at radius 1 is 0.750 bits per heavy atom. The summed E-state index contributed by atoms with van der Waals surface area (Å²) in [4.78, 5) is 4.82. The second kappa shape index (κ2) is 8.42. The van der Waals surface area contributed by atoms with Gasteiger partial charge in [-0.15, -0.1) is 10.2 Å². The minimum absolute atomic E-state index is 0.232. The SMILES string of the molecule is Nc1nn2c(-c3ccc(Cl)cc3)cc(-c3ccccc3)nc2c1N=Nc1ccc(Cl)cc1. The number of nitrogens with zero attached hydrogens (tertiary/aromatic N) is 5. The number of nitrogens with two attached hydrogens (primary N) is 1. The van der Waals surface area contributed by atoms with Crippen LogP contribution in [0.5, 0.6) is 0 Å². The fourth-order valence-corrected chi connectivity index (χ4v) is 3.57. The van der Waals surface area contributed by atoms with E-state index < -0.39 is 0 Å². The molecule has 2 N–H and O–H groups in total. The van der Waals surface area contributed by atoms with E-state index in [4.69, 9.17) is 33.9 Å². The molecule has 0 aliphatic heterocycles. The molecule has 0 fully saturated rings. The molecule has 3 aromatic carbocycles. The lowest BCUT2D eigenvalue weighted by Crippen LogP contribution is -1.98. The van der Waals surface area contributed by atoms with E-state index in [1.165, 1.54) is 0 Å². The summed E-state index contributed by atoms with van der Waals surface area (Å²) in [6.45, 7) is 0. The van der Waals surface area contributed by atoms with Crippen molar-refractivity contribution in [2.24, 2.45) is 10.2 Å². The number of hydrogen-bond acceptors (Lipinski definition) is 5. The van der Waals surface area contributed by atoms with E-state index >= 15 is 0 Å². The zero-order valence-electron chi connectivity index (χ0n) is 16.7. The molecule has 2 heterocycles. The average Bonchev–Trinajstić information content (AvgIpc) is 3.14. The van der Waals surface area contributed by atoms with Gasteiger partial charge in [-0.25, -0.2) is 9.50 Å². The van der Waals surface area contributed by atoms with Crippen LogP contribution in [0.2, 0.25) is 10.0 Å². The molecule has 0 radical (unpaired) electrons. The summed E-state index contributed by atoms with van der Waals surface area (Å²) in [6.07, 6.45) is 0. The number of aromatic nitrogens is 3. The maximum absolute atomic E-state index is 6.23. The molecule has 156 valence electrons. The minimum atomic E-state index is 0.232.